The van der Waals surface area contributed by atoms with Gasteiger partial charge in [-0.3, -0.25) is 9.80 Å². The van der Waals surface area contributed by atoms with Crippen LogP contribution >= 0.6 is 23.4 Å². The van der Waals surface area contributed by atoms with Crippen molar-refractivity contribution in [3.8, 4) is 0 Å². The van der Waals surface area contributed by atoms with E-state index in [4.69, 9.17) is 11.6 Å². The van der Waals surface area contributed by atoms with Crippen molar-refractivity contribution in [3.63, 3.8) is 0 Å². The van der Waals surface area contributed by atoms with Crippen molar-refractivity contribution in [3.05, 3.63) is 64.7 Å². The lowest BCUT2D eigenvalue weighted by Crippen LogP contribution is -2.25. The van der Waals surface area contributed by atoms with Crippen LogP contribution in [0.5, 0.6) is 0 Å². The Hall–Kier alpha value is -1.78. The maximum absolute atomic E-state index is 12.4. The molecule has 24 heavy (non-hydrogen) atoms. The van der Waals surface area contributed by atoms with Gasteiger partial charge in [0.15, 0.2) is 5.78 Å². The second kappa shape index (κ2) is 7.41. The molecule has 2 aromatic rings. The summed E-state index contributed by atoms with van der Waals surface area (Å²) in [7, 11) is 0. The van der Waals surface area contributed by atoms with Gasteiger partial charge >= 0.3 is 0 Å². The topological polar surface area (TPSA) is 32.7 Å². The van der Waals surface area contributed by atoms with Gasteiger partial charge in [0.05, 0.1) is 12.3 Å². The molecule has 5 heteroatoms. The van der Waals surface area contributed by atoms with Crippen molar-refractivity contribution in [2.75, 3.05) is 19.3 Å². The number of hydrazone groups is 1. The second-order valence-corrected chi connectivity index (χ2v) is 7.21. The number of Topliss-reactive ketones (excluding diaryl/α,β-unsaturated/α-hetero) is 1. The average molecular weight is 359 g/mol. The minimum Gasteiger partial charge on any atom is -0.292 e. The number of thioether (sulfide) groups is 1. The number of carbonyl (C=O) groups is 1. The molecule has 1 heterocycles. The maximum atomic E-state index is 12.4. The van der Waals surface area contributed by atoms with Crippen LogP contribution in [0.15, 0.2) is 58.5 Å². The Kier molecular flexibility index (Phi) is 5.27. The number of nitrogens with zero attached hydrogens (tertiary/aromatic N) is 2. The van der Waals surface area contributed by atoms with Gasteiger partial charge < -0.3 is 0 Å². The summed E-state index contributed by atoms with van der Waals surface area (Å²) in [6.07, 6.45) is 2.06. The van der Waals surface area contributed by atoms with E-state index in [0.29, 0.717) is 23.0 Å². The van der Waals surface area contributed by atoms with Crippen molar-refractivity contribution in [2.24, 2.45) is 11.0 Å². The standard InChI is InChI=1S/C19H19ClN2OS/c1-13-11-22(12-18(23)14-3-7-16(20)8-4-14)21-19(13)15-5-9-17(24-2)10-6-15/h3-10,13H,11-12H2,1-2H3. The number of rotatable bonds is 5. The summed E-state index contributed by atoms with van der Waals surface area (Å²) >= 11 is 7.59. The zero-order valence-corrected chi connectivity index (χ0v) is 15.3. The van der Waals surface area contributed by atoms with Crippen LogP contribution in [0, 0.1) is 5.92 Å². The fourth-order valence-electron chi connectivity index (χ4n) is 2.79. The van der Waals surface area contributed by atoms with Gasteiger partial charge in [-0.1, -0.05) is 30.7 Å². The van der Waals surface area contributed by atoms with Crippen LogP contribution in [0.3, 0.4) is 0 Å². The van der Waals surface area contributed by atoms with Crippen molar-refractivity contribution in [1.29, 1.82) is 0 Å². The minimum absolute atomic E-state index is 0.0570. The number of hydrogen-bond donors (Lipinski definition) is 0. The highest BCUT2D eigenvalue weighted by molar-refractivity contribution is 7.98. The molecular weight excluding hydrogens is 340 g/mol. The first-order valence-corrected chi connectivity index (χ1v) is 9.43. The van der Waals surface area contributed by atoms with Crippen LogP contribution in [0.25, 0.3) is 0 Å². The Balaban J connectivity index is 1.72. The van der Waals surface area contributed by atoms with E-state index in [9.17, 15) is 4.79 Å². The summed E-state index contributed by atoms with van der Waals surface area (Å²) in [5.74, 6) is 0.366. The van der Waals surface area contributed by atoms with E-state index in [-0.39, 0.29) is 5.78 Å². The molecule has 0 radical (unpaired) electrons. The van der Waals surface area contributed by atoms with E-state index in [2.05, 4.69) is 42.5 Å². The monoisotopic (exact) mass is 358 g/mol. The molecular formula is C19H19ClN2OS. The summed E-state index contributed by atoms with van der Waals surface area (Å²) < 4.78 is 0. The fraction of sp³-hybridized carbons (Fsp3) is 0.263. The molecule has 0 fully saturated rings. The third-order valence-corrected chi connectivity index (χ3v) is 5.07. The quantitative estimate of drug-likeness (QED) is 0.578. The second-order valence-electron chi connectivity index (χ2n) is 5.89. The Bertz CT molecular complexity index is 756. The lowest BCUT2D eigenvalue weighted by atomic mass is 9.99. The predicted octanol–water partition coefficient (Wildman–Crippen LogP) is 4.60. The molecule has 2 aromatic carbocycles. The summed E-state index contributed by atoms with van der Waals surface area (Å²) in [5.41, 5.74) is 2.84. The highest BCUT2D eigenvalue weighted by atomic mass is 35.5. The van der Waals surface area contributed by atoms with Crippen molar-refractivity contribution >= 4 is 34.9 Å². The van der Waals surface area contributed by atoms with Crippen LogP contribution in [-0.4, -0.2) is 35.8 Å². The van der Waals surface area contributed by atoms with Gasteiger partial charge in [-0.25, -0.2) is 0 Å². The number of carbonyl (C=O) groups excluding carboxylic acids is 1. The Labute approximate surface area is 151 Å². The number of ketones is 1. The van der Waals surface area contributed by atoms with Crippen LogP contribution in [0.1, 0.15) is 22.8 Å². The van der Waals surface area contributed by atoms with Gasteiger partial charge in [0.2, 0.25) is 0 Å². The normalized spacial score (nSPS) is 17.0. The van der Waals surface area contributed by atoms with Gasteiger partial charge in [0, 0.05) is 27.9 Å². The van der Waals surface area contributed by atoms with Crippen LogP contribution in [-0.2, 0) is 0 Å². The van der Waals surface area contributed by atoms with E-state index in [1.807, 2.05) is 5.01 Å². The molecule has 0 spiro atoms. The molecule has 0 bridgehead atoms. The largest absolute Gasteiger partial charge is 0.292 e. The molecule has 0 saturated carbocycles. The van der Waals surface area contributed by atoms with E-state index < -0.39 is 0 Å². The van der Waals surface area contributed by atoms with Crippen molar-refractivity contribution in [2.45, 2.75) is 11.8 Å². The molecule has 124 valence electrons. The smallest absolute Gasteiger partial charge is 0.183 e. The molecule has 3 rings (SSSR count). The van der Waals surface area contributed by atoms with Crippen molar-refractivity contribution < 1.29 is 4.79 Å². The molecule has 1 atom stereocenters. The number of hydrogen-bond acceptors (Lipinski definition) is 4. The number of halogens is 1. The van der Waals surface area contributed by atoms with Crippen LogP contribution < -0.4 is 0 Å². The fourth-order valence-corrected chi connectivity index (χ4v) is 3.33. The van der Waals surface area contributed by atoms with Gasteiger partial charge in [0.25, 0.3) is 0 Å². The average Bonchev–Trinajstić information content (AvgIpc) is 2.95. The minimum atomic E-state index is 0.0570. The molecule has 0 aliphatic carbocycles. The summed E-state index contributed by atoms with van der Waals surface area (Å²) in [6.45, 7) is 3.20. The third kappa shape index (κ3) is 3.82. The zero-order chi connectivity index (χ0) is 17.1. The summed E-state index contributed by atoms with van der Waals surface area (Å²) in [4.78, 5) is 13.6. The number of benzene rings is 2. The lowest BCUT2D eigenvalue weighted by Gasteiger charge is -2.13. The summed E-state index contributed by atoms with van der Waals surface area (Å²) in [5, 5.41) is 7.17. The van der Waals surface area contributed by atoms with Crippen LogP contribution in [0.4, 0.5) is 0 Å². The molecule has 1 unspecified atom stereocenters. The lowest BCUT2D eigenvalue weighted by molar-refractivity contribution is 0.0937. The van der Waals surface area contributed by atoms with Gasteiger partial charge in [0.1, 0.15) is 0 Å². The third-order valence-electron chi connectivity index (χ3n) is 4.08. The van der Waals surface area contributed by atoms with Gasteiger partial charge in [-0.05, 0) is 48.2 Å². The first-order chi connectivity index (χ1) is 11.6. The first kappa shape index (κ1) is 17.1. The van der Waals surface area contributed by atoms with Gasteiger partial charge in [-0.2, -0.15) is 5.10 Å². The van der Waals surface area contributed by atoms with E-state index in [1.165, 1.54) is 4.90 Å². The first-order valence-electron chi connectivity index (χ1n) is 7.83. The molecule has 1 aliphatic heterocycles. The van der Waals surface area contributed by atoms with E-state index in [1.54, 1.807) is 36.0 Å². The SMILES string of the molecule is CSc1ccc(C2=NN(CC(=O)c3ccc(Cl)cc3)CC2C)cc1. The van der Waals surface area contributed by atoms with E-state index >= 15 is 0 Å². The molecule has 0 amide bonds. The van der Waals surface area contributed by atoms with Crippen LogP contribution in [0.2, 0.25) is 5.02 Å². The highest BCUT2D eigenvalue weighted by Crippen LogP contribution is 2.22. The zero-order valence-electron chi connectivity index (χ0n) is 13.7. The van der Waals surface area contributed by atoms with Gasteiger partial charge in [-0.15, -0.1) is 11.8 Å². The molecule has 0 N–H and O–H groups in total. The Morgan fingerprint density at radius 1 is 1.21 bits per heavy atom. The molecule has 3 nitrogen and oxygen atoms in total. The highest BCUT2D eigenvalue weighted by Gasteiger charge is 2.25. The Morgan fingerprint density at radius 2 is 1.88 bits per heavy atom. The maximum Gasteiger partial charge on any atom is 0.183 e. The Morgan fingerprint density at radius 3 is 2.50 bits per heavy atom. The molecule has 0 saturated heterocycles. The molecule has 1 aliphatic rings. The molecule has 0 aromatic heterocycles. The van der Waals surface area contributed by atoms with E-state index in [0.717, 1.165) is 17.8 Å². The van der Waals surface area contributed by atoms with Crippen molar-refractivity contribution in [1.82, 2.24) is 5.01 Å². The summed E-state index contributed by atoms with van der Waals surface area (Å²) in [6, 6.07) is 15.4. The predicted molar refractivity (Wildman–Crippen MR) is 101 cm³/mol.